The number of nitrogens with one attached hydrogen (secondary N) is 2. The Labute approximate surface area is 143 Å². The van der Waals surface area contributed by atoms with E-state index in [1.54, 1.807) is 6.20 Å². The summed E-state index contributed by atoms with van der Waals surface area (Å²) in [6, 6.07) is 1.86. The summed E-state index contributed by atoms with van der Waals surface area (Å²) in [4.78, 5) is 17.8. The number of imidazole rings is 1. The van der Waals surface area contributed by atoms with E-state index in [0.29, 0.717) is 29.7 Å². The summed E-state index contributed by atoms with van der Waals surface area (Å²) in [6.45, 7) is 2.45. The fraction of sp³-hybridized carbons (Fsp3) is 0.375. The third-order valence-electron chi connectivity index (χ3n) is 4.12. The van der Waals surface area contributed by atoms with Crippen LogP contribution in [0.25, 0.3) is 17.5 Å². The number of alkyl halides is 2. The van der Waals surface area contributed by atoms with Crippen LogP contribution in [-0.2, 0) is 0 Å². The van der Waals surface area contributed by atoms with Gasteiger partial charge in [-0.2, -0.15) is 0 Å². The van der Waals surface area contributed by atoms with Crippen LogP contribution in [0.2, 0.25) is 0 Å². The number of anilines is 1. The first kappa shape index (κ1) is 17.2. The van der Waals surface area contributed by atoms with Gasteiger partial charge in [-0.05, 0) is 31.0 Å². The van der Waals surface area contributed by atoms with E-state index in [1.165, 1.54) is 12.4 Å². The molecule has 0 aliphatic carbocycles. The number of nitrogens with two attached hydrogens (primary N) is 1. The molecule has 1 saturated heterocycles. The fourth-order valence-electron chi connectivity index (χ4n) is 2.69. The molecular formula is C16H19F2N7. The van der Waals surface area contributed by atoms with Crippen LogP contribution in [0.15, 0.2) is 24.7 Å². The van der Waals surface area contributed by atoms with Crippen LogP contribution in [-0.4, -0.2) is 51.7 Å². The quantitative estimate of drug-likeness (QED) is 0.692. The van der Waals surface area contributed by atoms with Crippen molar-refractivity contribution in [1.82, 2.24) is 19.9 Å². The SMILES string of the molecule is N=C(/C=C\c1ncc(-c2cc(N3CCC(CN)C3)ncn2)[nH]1)C(F)F. The molecule has 132 valence electrons. The Bertz CT molecular complexity index is 771. The van der Waals surface area contributed by atoms with Gasteiger partial charge in [0, 0.05) is 19.2 Å². The molecule has 1 aliphatic rings. The number of H-pyrrole nitrogens is 1. The van der Waals surface area contributed by atoms with Gasteiger partial charge in [-0.25, -0.2) is 23.7 Å². The number of hydrogen-bond donors (Lipinski definition) is 3. The average molecular weight is 347 g/mol. The van der Waals surface area contributed by atoms with Gasteiger partial charge in [0.2, 0.25) is 0 Å². The van der Waals surface area contributed by atoms with E-state index in [2.05, 4.69) is 24.8 Å². The summed E-state index contributed by atoms with van der Waals surface area (Å²) < 4.78 is 24.6. The molecule has 25 heavy (non-hydrogen) atoms. The Hall–Kier alpha value is -2.68. The molecule has 0 bridgehead atoms. The van der Waals surface area contributed by atoms with Crippen LogP contribution in [0.4, 0.5) is 14.6 Å². The van der Waals surface area contributed by atoms with Gasteiger partial charge in [-0.1, -0.05) is 0 Å². The number of rotatable bonds is 6. The minimum atomic E-state index is -2.80. The van der Waals surface area contributed by atoms with Gasteiger partial charge in [-0.15, -0.1) is 0 Å². The van der Waals surface area contributed by atoms with Crippen molar-refractivity contribution in [1.29, 1.82) is 5.41 Å². The molecule has 1 unspecified atom stereocenters. The smallest absolute Gasteiger partial charge is 0.279 e. The molecule has 0 amide bonds. The molecule has 1 atom stereocenters. The Morgan fingerprint density at radius 2 is 2.28 bits per heavy atom. The maximum atomic E-state index is 12.3. The van der Waals surface area contributed by atoms with E-state index in [0.717, 1.165) is 31.4 Å². The topological polar surface area (TPSA) is 108 Å². The van der Waals surface area contributed by atoms with E-state index >= 15 is 0 Å². The van der Waals surface area contributed by atoms with E-state index in [4.69, 9.17) is 11.1 Å². The molecule has 0 spiro atoms. The lowest BCUT2D eigenvalue weighted by molar-refractivity contribution is 0.226. The Morgan fingerprint density at radius 1 is 1.44 bits per heavy atom. The summed E-state index contributed by atoms with van der Waals surface area (Å²) in [5.41, 5.74) is 6.28. The predicted molar refractivity (Wildman–Crippen MR) is 91.8 cm³/mol. The number of hydrogen-bond acceptors (Lipinski definition) is 6. The highest BCUT2D eigenvalue weighted by Crippen LogP contribution is 2.24. The van der Waals surface area contributed by atoms with Crippen molar-refractivity contribution in [2.75, 3.05) is 24.5 Å². The van der Waals surface area contributed by atoms with Crippen LogP contribution < -0.4 is 10.6 Å². The van der Waals surface area contributed by atoms with Gasteiger partial charge in [0.05, 0.1) is 23.3 Å². The number of nitrogens with zero attached hydrogens (tertiary/aromatic N) is 4. The molecule has 4 N–H and O–H groups in total. The lowest BCUT2D eigenvalue weighted by atomic mass is 10.1. The molecule has 0 radical (unpaired) electrons. The molecule has 1 aliphatic heterocycles. The van der Waals surface area contributed by atoms with Crippen molar-refractivity contribution < 1.29 is 8.78 Å². The predicted octanol–water partition coefficient (Wildman–Crippen LogP) is 1.95. The second-order valence-electron chi connectivity index (χ2n) is 5.87. The zero-order valence-electron chi connectivity index (χ0n) is 13.5. The van der Waals surface area contributed by atoms with Crippen molar-refractivity contribution in [2.45, 2.75) is 12.8 Å². The molecule has 0 aromatic carbocycles. The van der Waals surface area contributed by atoms with Gasteiger partial charge < -0.3 is 15.6 Å². The van der Waals surface area contributed by atoms with E-state index in [-0.39, 0.29) is 0 Å². The molecule has 9 heteroatoms. The summed E-state index contributed by atoms with van der Waals surface area (Å²) in [6.07, 6.45) is 3.67. The van der Waals surface area contributed by atoms with Gasteiger partial charge in [-0.3, -0.25) is 5.41 Å². The fourth-order valence-corrected chi connectivity index (χ4v) is 2.69. The summed E-state index contributed by atoms with van der Waals surface area (Å²) in [5, 5.41) is 7.11. The number of halogens is 2. The van der Waals surface area contributed by atoms with Gasteiger partial charge in [0.15, 0.2) is 0 Å². The molecule has 0 saturated carbocycles. The largest absolute Gasteiger partial charge is 0.356 e. The average Bonchev–Trinajstić information content (AvgIpc) is 3.29. The van der Waals surface area contributed by atoms with Crippen LogP contribution in [0.3, 0.4) is 0 Å². The molecule has 3 heterocycles. The highest BCUT2D eigenvalue weighted by atomic mass is 19.3. The zero-order valence-corrected chi connectivity index (χ0v) is 13.5. The first-order valence-corrected chi connectivity index (χ1v) is 7.94. The highest BCUT2D eigenvalue weighted by Gasteiger charge is 2.22. The summed E-state index contributed by atoms with van der Waals surface area (Å²) >= 11 is 0. The number of aromatic nitrogens is 4. The summed E-state index contributed by atoms with van der Waals surface area (Å²) in [5.74, 6) is 1.68. The minimum absolute atomic E-state index is 0.380. The Kier molecular flexibility index (Phi) is 5.13. The van der Waals surface area contributed by atoms with Crippen molar-refractivity contribution in [3.05, 3.63) is 30.5 Å². The maximum Gasteiger partial charge on any atom is 0.279 e. The van der Waals surface area contributed by atoms with Crippen LogP contribution in [0.5, 0.6) is 0 Å². The maximum absolute atomic E-state index is 12.3. The Morgan fingerprint density at radius 3 is 3.00 bits per heavy atom. The van der Waals surface area contributed by atoms with Gasteiger partial charge >= 0.3 is 0 Å². The first-order valence-electron chi connectivity index (χ1n) is 7.94. The monoisotopic (exact) mass is 347 g/mol. The Balaban J connectivity index is 1.75. The van der Waals surface area contributed by atoms with E-state index in [9.17, 15) is 8.78 Å². The second kappa shape index (κ2) is 7.47. The summed E-state index contributed by atoms with van der Waals surface area (Å²) in [7, 11) is 0. The van der Waals surface area contributed by atoms with Crippen molar-refractivity contribution in [2.24, 2.45) is 11.7 Å². The third kappa shape index (κ3) is 4.05. The van der Waals surface area contributed by atoms with Crippen molar-refractivity contribution in [3.63, 3.8) is 0 Å². The molecule has 2 aromatic rings. The second-order valence-corrected chi connectivity index (χ2v) is 5.87. The highest BCUT2D eigenvalue weighted by molar-refractivity contribution is 5.97. The molecule has 2 aromatic heterocycles. The number of aromatic amines is 1. The van der Waals surface area contributed by atoms with E-state index in [1.807, 2.05) is 6.07 Å². The first-order chi connectivity index (χ1) is 12.1. The molecule has 7 nitrogen and oxygen atoms in total. The molecule has 3 rings (SSSR count). The third-order valence-corrected chi connectivity index (χ3v) is 4.12. The molecule has 1 fully saturated rings. The number of allylic oxidation sites excluding steroid dienone is 1. The standard InChI is InChI=1S/C16H19F2N7/c17-16(18)11(20)1-2-14-21-7-13(24-14)12-5-15(23-9-22-12)25-4-3-10(6-19)8-25/h1-2,5,7,9-10,16,20H,3-4,6,8,19H2,(H,21,24)/b2-1-,20-11?. The molecular weight excluding hydrogens is 328 g/mol. The van der Waals surface area contributed by atoms with Gasteiger partial charge in [0.25, 0.3) is 6.43 Å². The normalized spacial score (nSPS) is 17.8. The van der Waals surface area contributed by atoms with Gasteiger partial charge in [0.1, 0.15) is 18.0 Å². The van der Waals surface area contributed by atoms with Crippen LogP contribution >= 0.6 is 0 Å². The van der Waals surface area contributed by atoms with E-state index < -0.39 is 12.1 Å². The van der Waals surface area contributed by atoms with Crippen molar-refractivity contribution >= 4 is 17.6 Å². The van der Waals surface area contributed by atoms with Crippen LogP contribution in [0, 0.1) is 11.3 Å². The lowest BCUT2D eigenvalue weighted by Crippen LogP contribution is -2.23. The minimum Gasteiger partial charge on any atom is -0.356 e. The zero-order chi connectivity index (χ0) is 17.8. The van der Waals surface area contributed by atoms with Crippen molar-refractivity contribution in [3.8, 4) is 11.4 Å². The lowest BCUT2D eigenvalue weighted by Gasteiger charge is -2.17. The van der Waals surface area contributed by atoms with Crippen LogP contribution in [0.1, 0.15) is 12.2 Å².